The molecule has 0 radical (unpaired) electrons. The molecule has 0 atom stereocenters. The van der Waals surface area contributed by atoms with Crippen LogP contribution in [0.3, 0.4) is 0 Å². The topological polar surface area (TPSA) is 17.1 Å². The van der Waals surface area contributed by atoms with Crippen molar-refractivity contribution < 1.29 is 4.79 Å². The third-order valence-electron chi connectivity index (χ3n) is 3.01. The van der Waals surface area contributed by atoms with E-state index in [1.165, 1.54) is 5.56 Å². The number of hydrogen-bond donors (Lipinski definition) is 0. The molecule has 0 bridgehead atoms. The van der Waals surface area contributed by atoms with Crippen LogP contribution in [0.4, 0.5) is 0 Å². The van der Waals surface area contributed by atoms with Crippen molar-refractivity contribution in [1.82, 2.24) is 0 Å². The van der Waals surface area contributed by atoms with Gasteiger partial charge < -0.3 is 0 Å². The maximum absolute atomic E-state index is 12.3. The zero-order valence-corrected chi connectivity index (χ0v) is 10.2. The number of Topliss-reactive ketones (excluding diaryl/α,β-unsaturated/α-hetero) is 1. The fraction of sp³-hybridized carbons (Fsp3) is 0.188. The van der Waals surface area contributed by atoms with Gasteiger partial charge in [-0.1, -0.05) is 42.5 Å². The van der Waals surface area contributed by atoms with E-state index in [4.69, 9.17) is 0 Å². The molecular formula is C16H16O. The Morgan fingerprint density at radius 3 is 2.71 bits per heavy atom. The van der Waals surface area contributed by atoms with Gasteiger partial charge in [0.2, 0.25) is 0 Å². The van der Waals surface area contributed by atoms with Crippen molar-refractivity contribution in [2.45, 2.75) is 20.3 Å². The van der Waals surface area contributed by atoms with Gasteiger partial charge in [-0.2, -0.15) is 0 Å². The molecule has 0 aromatic heterocycles. The molecule has 0 spiro atoms. The van der Waals surface area contributed by atoms with Gasteiger partial charge in [-0.15, -0.1) is 0 Å². The average molecular weight is 224 g/mol. The summed E-state index contributed by atoms with van der Waals surface area (Å²) in [6.45, 7) is 4.08. The minimum absolute atomic E-state index is 0.0934. The Hall–Kier alpha value is -1.89. The number of benzene rings is 1. The summed E-state index contributed by atoms with van der Waals surface area (Å²) in [6, 6.07) is 5.86. The lowest BCUT2D eigenvalue weighted by atomic mass is 9.99. The van der Waals surface area contributed by atoms with Crippen LogP contribution in [0.25, 0.3) is 0 Å². The maximum atomic E-state index is 12.3. The maximum Gasteiger partial charge on any atom is 0.193 e. The number of allylic oxidation sites excluding steroid dienone is 6. The molecule has 0 N–H and O–H groups in total. The van der Waals surface area contributed by atoms with E-state index in [9.17, 15) is 4.79 Å². The van der Waals surface area contributed by atoms with Crippen molar-refractivity contribution in [3.8, 4) is 0 Å². The molecule has 1 aromatic carbocycles. The summed E-state index contributed by atoms with van der Waals surface area (Å²) in [4.78, 5) is 12.3. The van der Waals surface area contributed by atoms with E-state index in [1.54, 1.807) is 0 Å². The second-order valence-electron chi connectivity index (χ2n) is 4.32. The fourth-order valence-electron chi connectivity index (χ4n) is 1.78. The van der Waals surface area contributed by atoms with Gasteiger partial charge in [0, 0.05) is 11.1 Å². The van der Waals surface area contributed by atoms with Crippen LogP contribution >= 0.6 is 0 Å². The van der Waals surface area contributed by atoms with E-state index >= 15 is 0 Å². The quantitative estimate of drug-likeness (QED) is 0.696. The summed E-state index contributed by atoms with van der Waals surface area (Å²) in [5, 5.41) is 0. The normalized spacial score (nSPS) is 14.4. The molecule has 1 aromatic rings. The van der Waals surface area contributed by atoms with Crippen molar-refractivity contribution in [1.29, 1.82) is 0 Å². The summed E-state index contributed by atoms with van der Waals surface area (Å²) in [5.41, 5.74) is 3.89. The molecule has 0 aliphatic heterocycles. The lowest BCUT2D eigenvalue weighted by Crippen LogP contribution is -2.02. The third kappa shape index (κ3) is 2.62. The number of aryl methyl sites for hydroxylation is 2. The van der Waals surface area contributed by atoms with Crippen LogP contribution in [-0.4, -0.2) is 5.78 Å². The SMILES string of the molecule is Cc1ccc(C(=O)C2=CC=CCC=C2)cc1C. The largest absolute Gasteiger partial charge is 0.289 e. The summed E-state index contributed by atoms with van der Waals surface area (Å²) < 4.78 is 0. The lowest BCUT2D eigenvalue weighted by molar-refractivity contribution is 0.103. The van der Waals surface area contributed by atoms with Gasteiger partial charge in [0.25, 0.3) is 0 Å². The molecule has 0 fully saturated rings. The fourth-order valence-corrected chi connectivity index (χ4v) is 1.78. The van der Waals surface area contributed by atoms with Gasteiger partial charge in [0.05, 0.1) is 0 Å². The Bertz CT molecular complexity index is 530. The van der Waals surface area contributed by atoms with Crippen molar-refractivity contribution in [2.75, 3.05) is 0 Å². The molecule has 1 nitrogen and oxygen atoms in total. The molecule has 1 heteroatoms. The summed E-state index contributed by atoms with van der Waals surface area (Å²) in [6.07, 6.45) is 10.7. The first-order valence-corrected chi connectivity index (χ1v) is 5.84. The molecular weight excluding hydrogens is 208 g/mol. The highest BCUT2D eigenvalue weighted by atomic mass is 16.1. The van der Waals surface area contributed by atoms with Crippen LogP contribution in [-0.2, 0) is 0 Å². The van der Waals surface area contributed by atoms with Gasteiger partial charge in [-0.25, -0.2) is 0 Å². The zero-order chi connectivity index (χ0) is 12.3. The smallest absolute Gasteiger partial charge is 0.193 e. The van der Waals surface area contributed by atoms with Crippen LogP contribution < -0.4 is 0 Å². The van der Waals surface area contributed by atoms with Crippen molar-refractivity contribution in [2.24, 2.45) is 0 Å². The number of rotatable bonds is 2. The van der Waals surface area contributed by atoms with Gasteiger partial charge in [0.15, 0.2) is 5.78 Å². The second kappa shape index (κ2) is 4.96. The molecule has 1 aliphatic carbocycles. The Labute approximate surface area is 102 Å². The standard InChI is InChI=1S/C16H16O/c1-12-9-10-15(11-13(12)2)16(17)14-7-5-3-4-6-8-14/h3,5-11H,4H2,1-2H3. The molecule has 0 amide bonds. The van der Waals surface area contributed by atoms with Gasteiger partial charge in [0.1, 0.15) is 0 Å². The van der Waals surface area contributed by atoms with E-state index in [1.807, 2.05) is 55.5 Å². The molecule has 0 unspecified atom stereocenters. The number of hydrogen-bond acceptors (Lipinski definition) is 1. The van der Waals surface area contributed by atoms with E-state index in [0.717, 1.165) is 23.1 Å². The van der Waals surface area contributed by atoms with Gasteiger partial charge >= 0.3 is 0 Å². The van der Waals surface area contributed by atoms with Crippen LogP contribution in [0.5, 0.6) is 0 Å². The number of ketones is 1. The van der Waals surface area contributed by atoms with E-state index in [-0.39, 0.29) is 5.78 Å². The first-order chi connectivity index (χ1) is 8.18. The summed E-state index contributed by atoms with van der Waals surface area (Å²) in [5.74, 6) is 0.0934. The molecule has 86 valence electrons. The van der Waals surface area contributed by atoms with Crippen LogP contribution in [0.2, 0.25) is 0 Å². The summed E-state index contributed by atoms with van der Waals surface area (Å²) in [7, 11) is 0. The van der Waals surface area contributed by atoms with Crippen molar-refractivity contribution >= 4 is 5.78 Å². The molecule has 0 heterocycles. The average Bonchev–Trinajstić information content (AvgIpc) is 2.60. The van der Waals surface area contributed by atoms with Gasteiger partial charge in [-0.3, -0.25) is 4.79 Å². The molecule has 1 aliphatic rings. The molecule has 17 heavy (non-hydrogen) atoms. The molecule has 0 saturated carbocycles. The highest BCUT2D eigenvalue weighted by Gasteiger charge is 2.10. The Balaban J connectivity index is 2.33. The minimum Gasteiger partial charge on any atom is -0.289 e. The Morgan fingerprint density at radius 1 is 1.12 bits per heavy atom. The van der Waals surface area contributed by atoms with Crippen molar-refractivity contribution in [3.05, 3.63) is 70.8 Å². The van der Waals surface area contributed by atoms with E-state index < -0.39 is 0 Å². The first-order valence-electron chi connectivity index (χ1n) is 5.84. The summed E-state index contributed by atoms with van der Waals surface area (Å²) >= 11 is 0. The second-order valence-corrected chi connectivity index (χ2v) is 4.32. The number of carbonyl (C=O) groups excluding carboxylic acids is 1. The Kier molecular flexibility index (Phi) is 3.38. The Morgan fingerprint density at radius 2 is 1.94 bits per heavy atom. The first kappa shape index (κ1) is 11.6. The highest BCUT2D eigenvalue weighted by molar-refractivity contribution is 6.10. The van der Waals surface area contributed by atoms with Crippen LogP contribution in [0.1, 0.15) is 27.9 Å². The molecule has 2 rings (SSSR count). The van der Waals surface area contributed by atoms with Crippen molar-refractivity contribution in [3.63, 3.8) is 0 Å². The zero-order valence-electron chi connectivity index (χ0n) is 10.2. The minimum atomic E-state index is 0.0934. The monoisotopic (exact) mass is 224 g/mol. The van der Waals surface area contributed by atoms with Crippen LogP contribution in [0.15, 0.2) is 54.2 Å². The third-order valence-corrected chi connectivity index (χ3v) is 3.01. The molecule has 0 saturated heterocycles. The lowest BCUT2D eigenvalue weighted by Gasteiger charge is -2.05. The van der Waals surface area contributed by atoms with Gasteiger partial charge in [-0.05, 0) is 37.5 Å². The predicted octanol–water partition coefficient (Wildman–Crippen LogP) is 3.93. The highest BCUT2D eigenvalue weighted by Crippen LogP contribution is 2.16. The predicted molar refractivity (Wildman–Crippen MR) is 71.2 cm³/mol. The van der Waals surface area contributed by atoms with E-state index in [2.05, 4.69) is 6.92 Å². The number of carbonyl (C=O) groups is 1. The van der Waals surface area contributed by atoms with Crippen LogP contribution in [0, 0.1) is 13.8 Å². The van der Waals surface area contributed by atoms with E-state index in [0.29, 0.717) is 0 Å².